The highest BCUT2D eigenvalue weighted by Gasteiger charge is 2.43. The predicted molar refractivity (Wildman–Crippen MR) is 139 cm³/mol. The minimum absolute atomic E-state index is 0.00923. The summed E-state index contributed by atoms with van der Waals surface area (Å²) in [7, 11) is 0. The Hall–Kier alpha value is -3.40. The van der Waals surface area contributed by atoms with Crippen molar-refractivity contribution < 1.29 is 24.2 Å². The first-order valence-electron chi connectivity index (χ1n) is 11.3. The minimum atomic E-state index is -0.817. The number of benzene rings is 3. The van der Waals surface area contributed by atoms with E-state index in [1.165, 1.54) is 11.1 Å². The maximum absolute atomic E-state index is 12.6. The molecule has 2 atom stereocenters. The van der Waals surface area contributed by atoms with E-state index in [0.717, 1.165) is 11.1 Å². The molecule has 35 heavy (non-hydrogen) atoms. The molecule has 0 aromatic heterocycles. The van der Waals surface area contributed by atoms with Gasteiger partial charge in [-0.25, -0.2) is 4.79 Å². The van der Waals surface area contributed by atoms with Crippen molar-refractivity contribution in [2.24, 2.45) is 11.8 Å². The summed E-state index contributed by atoms with van der Waals surface area (Å²) < 4.78 is 6.29. The molecule has 8 heteroatoms. The quantitative estimate of drug-likeness (QED) is 0.337. The van der Waals surface area contributed by atoms with Crippen molar-refractivity contribution in [3.63, 3.8) is 0 Å². The van der Waals surface area contributed by atoms with Gasteiger partial charge in [-0.05, 0) is 75.4 Å². The van der Waals surface area contributed by atoms with E-state index in [-0.39, 0.29) is 30.3 Å². The fraction of sp³-hybridized carbons (Fsp3) is 0.222. The zero-order chi connectivity index (χ0) is 24.5. The van der Waals surface area contributed by atoms with Crippen LogP contribution in [0, 0.1) is 15.4 Å². The molecule has 3 aromatic rings. The van der Waals surface area contributed by atoms with Crippen LogP contribution in [0.15, 0.2) is 66.7 Å². The van der Waals surface area contributed by atoms with E-state index >= 15 is 0 Å². The molecule has 0 unspecified atom stereocenters. The third kappa shape index (κ3) is 4.88. The molecular formula is C27H23IN2O5. The molecule has 2 aliphatic rings. The largest absolute Gasteiger partial charge is 0.481 e. The Morgan fingerprint density at radius 3 is 2.23 bits per heavy atom. The van der Waals surface area contributed by atoms with Gasteiger partial charge < -0.3 is 15.2 Å². The van der Waals surface area contributed by atoms with Gasteiger partial charge in [-0.2, -0.15) is 0 Å². The lowest BCUT2D eigenvalue weighted by Gasteiger charge is -2.15. The summed E-state index contributed by atoms with van der Waals surface area (Å²) in [5.74, 6) is -1.48. The molecule has 2 amide bonds. The molecule has 2 aliphatic carbocycles. The van der Waals surface area contributed by atoms with Crippen LogP contribution in [0.2, 0.25) is 0 Å². The SMILES string of the molecule is O=C(Nc1ccc(C(=O)NC[C@H]2C[C@H]2C(=O)O)cc1I)OCC1c2ccccc2-c2ccccc21. The van der Waals surface area contributed by atoms with E-state index in [4.69, 9.17) is 9.84 Å². The summed E-state index contributed by atoms with van der Waals surface area (Å²) in [6.45, 7) is 0.557. The van der Waals surface area contributed by atoms with Gasteiger partial charge in [0, 0.05) is 21.6 Å². The van der Waals surface area contributed by atoms with Gasteiger partial charge in [-0.3, -0.25) is 14.9 Å². The van der Waals surface area contributed by atoms with Crippen molar-refractivity contribution in [1.82, 2.24) is 5.32 Å². The normalized spacial score (nSPS) is 17.7. The molecule has 0 heterocycles. The van der Waals surface area contributed by atoms with Gasteiger partial charge in [-0.1, -0.05) is 48.5 Å². The lowest BCUT2D eigenvalue weighted by Crippen LogP contribution is -2.26. The second kappa shape index (κ2) is 9.69. The Kier molecular flexibility index (Phi) is 6.46. The first-order valence-corrected chi connectivity index (χ1v) is 12.4. The number of halogens is 1. The van der Waals surface area contributed by atoms with Crippen LogP contribution in [0.1, 0.15) is 33.8 Å². The van der Waals surface area contributed by atoms with Crippen molar-refractivity contribution in [2.75, 3.05) is 18.5 Å². The van der Waals surface area contributed by atoms with E-state index in [9.17, 15) is 14.4 Å². The van der Waals surface area contributed by atoms with Crippen LogP contribution >= 0.6 is 22.6 Å². The predicted octanol–water partition coefficient (Wildman–Crippen LogP) is 5.10. The van der Waals surface area contributed by atoms with Gasteiger partial charge >= 0.3 is 12.1 Å². The highest BCUT2D eigenvalue weighted by molar-refractivity contribution is 14.1. The van der Waals surface area contributed by atoms with Crippen LogP contribution in [-0.2, 0) is 9.53 Å². The number of anilines is 1. The third-order valence-corrected chi connectivity index (χ3v) is 7.47. The zero-order valence-corrected chi connectivity index (χ0v) is 20.8. The maximum atomic E-state index is 12.6. The van der Waals surface area contributed by atoms with Crippen molar-refractivity contribution in [3.8, 4) is 11.1 Å². The summed E-state index contributed by atoms with van der Waals surface area (Å²) in [6, 6.07) is 21.3. The van der Waals surface area contributed by atoms with E-state index in [2.05, 4.69) is 57.5 Å². The third-order valence-electron chi connectivity index (χ3n) is 6.58. The fourth-order valence-corrected chi connectivity index (χ4v) is 5.25. The summed E-state index contributed by atoms with van der Waals surface area (Å²) in [5, 5.41) is 14.5. The average Bonchev–Trinajstić information content (AvgIpc) is 3.58. The van der Waals surface area contributed by atoms with Gasteiger partial charge in [0.15, 0.2) is 0 Å². The summed E-state index contributed by atoms with van der Waals surface area (Å²) in [5.41, 5.74) is 5.62. The first kappa shape index (κ1) is 23.3. The van der Waals surface area contributed by atoms with E-state index in [0.29, 0.717) is 27.8 Å². The van der Waals surface area contributed by atoms with Gasteiger partial charge in [0.2, 0.25) is 0 Å². The van der Waals surface area contributed by atoms with Crippen LogP contribution < -0.4 is 10.6 Å². The number of fused-ring (bicyclic) bond motifs is 3. The molecule has 5 rings (SSSR count). The van der Waals surface area contributed by atoms with Crippen LogP contribution in [-0.4, -0.2) is 36.2 Å². The van der Waals surface area contributed by atoms with E-state index < -0.39 is 12.1 Å². The molecule has 3 aromatic carbocycles. The fourth-order valence-electron chi connectivity index (χ4n) is 4.60. The standard InChI is InChI=1S/C27H23IN2O5/c28-23-12-15(25(31)29-13-16-11-21(16)26(32)33)9-10-24(23)30-27(34)35-14-22-19-7-3-1-5-17(19)18-6-2-4-8-20(18)22/h1-10,12,16,21-22H,11,13-14H2,(H,29,31)(H,30,34)(H,32,33)/t16-,21-/m1/s1. The number of ether oxygens (including phenoxy) is 1. The number of amides is 2. The maximum Gasteiger partial charge on any atom is 0.411 e. The second-order valence-electron chi connectivity index (χ2n) is 8.80. The van der Waals surface area contributed by atoms with Crippen LogP contribution in [0.3, 0.4) is 0 Å². The van der Waals surface area contributed by atoms with Crippen molar-refractivity contribution in [2.45, 2.75) is 12.3 Å². The number of carboxylic acids is 1. The molecule has 0 bridgehead atoms. The molecule has 3 N–H and O–H groups in total. The highest BCUT2D eigenvalue weighted by atomic mass is 127. The molecule has 1 fully saturated rings. The molecule has 0 spiro atoms. The van der Waals surface area contributed by atoms with Gasteiger partial charge in [0.25, 0.3) is 5.91 Å². The number of carboxylic acid groups (broad SMARTS) is 1. The molecule has 0 radical (unpaired) electrons. The minimum Gasteiger partial charge on any atom is -0.481 e. The lowest BCUT2D eigenvalue weighted by molar-refractivity contribution is -0.138. The lowest BCUT2D eigenvalue weighted by atomic mass is 9.98. The average molecular weight is 582 g/mol. The Morgan fingerprint density at radius 1 is 0.971 bits per heavy atom. The van der Waals surface area contributed by atoms with E-state index in [1.54, 1.807) is 18.2 Å². The number of hydrogen-bond donors (Lipinski definition) is 3. The second-order valence-corrected chi connectivity index (χ2v) is 9.96. The Morgan fingerprint density at radius 2 is 1.63 bits per heavy atom. The van der Waals surface area contributed by atoms with Crippen molar-refractivity contribution >= 4 is 46.2 Å². The summed E-state index contributed by atoms with van der Waals surface area (Å²) in [6.07, 6.45) is 0.0336. The molecule has 1 saturated carbocycles. The van der Waals surface area contributed by atoms with Gasteiger partial charge in [-0.15, -0.1) is 0 Å². The highest BCUT2D eigenvalue weighted by Crippen LogP contribution is 2.44. The number of carbonyl (C=O) groups excluding carboxylic acids is 2. The zero-order valence-electron chi connectivity index (χ0n) is 18.7. The van der Waals surface area contributed by atoms with Crippen LogP contribution in [0.5, 0.6) is 0 Å². The molecule has 0 saturated heterocycles. The first-order chi connectivity index (χ1) is 16.9. The Labute approximate surface area is 216 Å². The monoisotopic (exact) mass is 582 g/mol. The molecule has 178 valence electrons. The van der Waals surface area contributed by atoms with Crippen molar-refractivity contribution in [3.05, 3.63) is 87.0 Å². The number of nitrogens with one attached hydrogen (secondary N) is 2. The Balaban J connectivity index is 1.18. The number of hydrogen-bond acceptors (Lipinski definition) is 4. The van der Waals surface area contributed by atoms with Gasteiger partial charge in [0.05, 0.1) is 11.6 Å². The van der Waals surface area contributed by atoms with Crippen LogP contribution in [0.25, 0.3) is 11.1 Å². The van der Waals surface area contributed by atoms with Crippen LogP contribution in [0.4, 0.5) is 10.5 Å². The topological polar surface area (TPSA) is 105 Å². The molecule has 7 nitrogen and oxygen atoms in total. The Bertz CT molecular complexity index is 1280. The summed E-state index contributed by atoms with van der Waals surface area (Å²) >= 11 is 2.06. The molecule has 0 aliphatic heterocycles. The smallest absolute Gasteiger partial charge is 0.411 e. The number of aliphatic carboxylic acids is 1. The van der Waals surface area contributed by atoms with E-state index in [1.807, 2.05) is 24.3 Å². The summed E-state index contributed by atoms with van der Waals surface area (Å²) in [4.78, 5) is 35.9. The van der Waals surface area contributed by atoms with Gasteiger partial charge in [0.1, 0.15) is 6.61 Å². The molecular weight excluding hydrogens is 559 g/mol. The van der Waals surface area contributed by atoms with Crippen molar-refractivity contribution in [1.29, 1.82) is 0 Å². The number of rotatable bonds is 7. The number of carbonyl (C=O) groups is 3.